The summed E-state index contributed by atoms with van der Waals surface area (Å²) >= 11 is 0. The highest BCUT2D eigenvalue weighted by atomic mass is 19.2. The lowest BCUT2D eigenvalue weighted by atomic mass is 10.2. The molecule has 0 aliphatic rings. The molecule has 0 spiro atoms. The number of benzene rings is 1. The molecule has 1 aromatic carbocycles. The monoisotopic (exact) mass is 211 g/mol. The molecule has 0 bridgehead atoms. The first kappa shape index (κ1) is 11.4. The highest BCUT2D eigenvalue weighted by Gasteiger charge is 2.13. The lowest BCUT2D eigenvalue weighted by Gasteiger charge is -2.07. The number of ether oxygens (including phenoxy) is 1. The Labute approximate surface area is 87.1 Å². The lowest BCUT2D eigenvalue weighted by Crippen LogP contribution is -2.01. The predicted octanol–water partition coefficient (Wildman–Crippen LogP) is 3.02. The molecule has 0 N–H and O–H groups in total. The quantitative estimate of drug-likeness (QED) is 0.717. The van der Waals surface area contributed by atoms with Gasteiger partial charge in [0, 0.05) is 0 Å². The van der Waals surface area contributed by atoms with Crippen LogP contribution >= 0.6 is 0 Å². The average molecular weight is 211 g/mol. The van der Waals surface area contributed by atoms with E-state index < -0.39 is 11.6 Å². The van der Waals surface area contributed by atoms with E-state index in [1.807, 2.05) is 6.92 Å². The largest absolute Gasteiger partial charge is 0.490 e. The van der Waals surface area contributed by atoms with Crippen LogP contribution < -0.4 is 4.74 Å². The number of unbranched alkanes of at least 4 members (excludes halogenated alkanes) is 1. The van der Waals surface area contributed by atoms with Gasteiger partial charge in [0.25, 0.3) is 0 Å². The molecule has 0 heterocycles. The standard InChI is InChI=1S/C11H11F2NO/c1-2-3-6-15-9-5-4-8(7-14)10(12)11(9)13/h4-5H,2-3,6H2,1H3. The maximum Gasteiger partial charge on any atom is 0.201 e. The number of halogens is 2. The van der Waals surface area contributed by atoms with Gasteiger partial charge in [-0.15, -0.1) is 0 Å². The zero-order valence-electron chi connectivity index (χ0n) is 8.39. The highest BCUT2D eigenvalue weighted by Crippen LogP contribution is 2.22. The van der Waals surface area contributed by atoms with Crippen molar-refractivity contribution in [2.45, 2.75) is 19.8 Å². The molecule has 0 aliphatic carbocycles. The Morgan fingerprint density at radius 3 is 2.67 bits per heavy atom. The van der Waals surface area contributed by atoms with Gasteiger partial charge >= 0.3 is 0 Å². The number of nitriles is 1. The van der Waals surface area contributed by atoms with Gasteiger partial charge in [0.2, 0.25) is 5.82 Å². The van der Waals surface area contributed by atoms with Crippen molar-refractivity contribution in [3.63, 3.8) is 0 Å². The molecule has 1 aromatic rings. The Balaban J connectivity index is 2.83. The molecule has 2 nitrogen and oxygen atoms in total. The van der Waals surface area contributed by atoms with Gasteiger partial charge in [-0.05, 0) is 18.6 Å². The van der Waals surface area contributed by atoms with E-state index in [1.165, 1.54) is 12.1 Å². The Kier molecular flexibility index (Phi) is 4.04. The molecule has 0 fully saturated rings. The fraction of sp³-hybridized carbons (Fsp3) is 0.364. The topological polar surface area (TPSA) is 33.0 Å². The molecule has 4 heteroatoms. The number of hydrogen-bond acceptors (Lipinski definition) is 2. The minimum atomic E-state index is -1.15. The highest BCUT2D eigenvalue weighted by molar-refractivity contribution is 5.37. The van der Waals surface area contributed by atoms with Gasteiger partial charge in [-0.25, -0.2) is 4.39 Å². The van der Waals surface area contributed by atoms with Crippen LogP contribution in [0.2, 0.25) is 0 Å². The fourth-order valence-electron chi connectivity index (χ4n) is 1.06. The van der Waals surface area contributed by atoms with Crippen molar-refractivity contribution in [3.8, 4) is 11.8 Å². The van der Waals surface area contributed by atoms with Crippen LogP contribution in [-0.2, 0) is 0 Å². The number of rotatable bonds is 4. The van der Waals surface area contributed by atoms with E-state index in [0.717, 1.165) is 12.8 Å². The van der Waals surface area contributed by atoms with Crippen LogP contribution in [0.4, 0.5) is 8.78 Å². The van der Waals surface area contributed by atoms with Gasteiger partial charge in [-0.2, -0.15) is 9.65 Å². The summed E-state index contributed by atoms with van der Waals surface area (Å²) in [6.07, 6.45) is 1.70. The maximum atomic E-state index is 13.2. The third-order valence-electron chi connectivity index (χ3n) is 1.92. The summed E-state index contributed by atoms with van der Waals surface area (Å²) in [5, 5.41) is 8.45. The molecule has 0 aliphatic heterocycles. The summed E-state index contributed by atoms with van der Waals surface area (Å²) in [6.45, 7) is 2.32. The van der Waals surface area contributed by atoms with Crippen molar-refractivity contribution in [3.05, 3.63) is 29.3 Å². The van der Waals surface area contributed by atoms with E-state index in [4.69, 9.17) is 10.00 Å². The summed E-state index contributed by atoms with van der Waals surface area (Å²) in [6, 6.07) is 4.04. The third kappa shape index (κ3) is 2.66. The Morgan fingerprint density at radius 1 is 1.33 bits per heavy atom. The zero-order chi connectivity index (χ0) is 11.3. The van der Waals surface area contributed by atoms with Crippen molar-refractivity contribution in [2.75, 3.05) is 6.61 Å². The zero-order valence-corrected chi connectivity index (χ0v) is 8.39. The third-order valence-corrected chi connectivity index (χ3v) is 1.92. The van der Waals surface area contributed by atoms with Crippen molar-refractivity contribution < 1.29 is 13.5 Å². The molecule has 0 aromatic heterocycles. The van der Waals surface area contributed by atoms with Gasteiger partial charge < -0.3 is 4.74 Å². The molecular formula is C11H11F2NO. The Morgan fingerprint density at radius 2 is 2.07 bits per heavy atom. The Bertz CT molecular complexity index is 385. The lowest BCUT2D eigenvalue weighted by molar-refractivity contribution is 0.288. The summed E-state index contributed by atoms with van der Waals surface area (Å²) in [5.41, 5.74) is -0.310. The van der Waals surface area contributed by atoms with Gasteiger partial charge in [0.15, 0.2) is 11.6 Å². The molecule has 0 saturated carbocycles. The van der Waals surface area contributed by atoms with Crippen molar-refractivity contribution >= 4 is 0 Å². The average Bonchev–Trinajstić information content (AvgIpc) is 2.25. The van der Waals surface area contributed by atoms with E-state index in [2.05, 4.69) is 0 Å². The second-order valence-corrected chi connectivity index (χ2v) is 3.05. The smallest absolute Gasteiger partial charge is 0.201 e. The van der Waals surface area contributed by atoms with Crippen molar-refractivity contribution in [1.29, 1.82) is 5.26 Å². The summed E-state index contributed by atoms with van der Waals surface area (Å²) in [7, 11) is 0. The summed E-state index contributed by atoms with van der Waals surface area (Å²) in [4.78, 5) is 0. The van der Waals surface area contributed by atoms with Crippen molar-refractivity contribution in [1.82, 2.24) is 0 Å². The molecule has 15 heavy (non-hydrogen) atoms. The maximum absolute atomic E-state index is 13.2. The fourth-order valence-corrected chi connectivity index (χ4v) is 1.06. The van der Waals surface area contributed by atoms with Crippen LogP contribution in [-0.4, -0.2) is 6.61 Å². The van der Waals surface area contributed by atoms with Crippen LogP contribution in [0.3, 0.4) is 0 Å². The minimum absolute atomic E-state index is 0.139. The van der Waals surface area contributed by atoms with Crippen molar-refractivity contribution in [2.24, 2.45) is 0 Å². The van der Waals surface area contributed by atoms with Crippen LogP contribution in [0.1, 0.15) is 25.3 Å². The molecule has 0 atom stereocenters. The van der Waals surface area contributed by atoms with Gasteiger partial charge in [0.1, 0.15) is 6.07 Å². The Hall–Kier alpha value is -1.63. The SMILES string of the molecule is CCCCOc1ccc(C#N)c(F)c1F. The van der Waals surface area contributed by atoms with Crippen LogP contribution in [0.25, 0.3) is 0 Å². The molecule has 0 radical (unpaired) electrons. The molecule has 0 saturated heterocycles. The molecule has 80 valence electrons. The van der Waals surface area contributed by atoms with E-state index >= 15 is 0 Å². The first-order chi connectivity index (χ1) is 7.20. The second-order valence-electron chi connectivity index (χ2n) is 3.05. The van der Waals surface area contributed by atoms with Crippen LogP contribution in [0.15, 0.2) is 12.1 Å². The van der Waals surface area contributed by atoms with Gasteiger partial charge in [-0.3, -0.25) is 0 Å². The van der Waals surface area contributed by atoms with Gasteiger partial charge in [0.05, 0.1) is 12.2 Å². The second kappa shape index (κ2) is 5.30. The molecule has 0 unspecified atom stereocenters. The summed E-state index contributed by atoms with van der Waals surface area (Å²) in [5.74, 6) is -2.38. The molecule has 0 amide bonds. The van der Waals surface area contributed by atoms with Gasteiger partial charge in [-0.1, -0.05) is 13.3 Å². The minimum Gasteiger partial charge on any atom is -0.490 e. The number of nitrogens with zero attached hydrogens (tertiary/aromatic N) is 1. The molecule has 1 rings (SSSR count). The first-order valence-corrected chi connectivity index (χ1v) is 4.71. The predicted molar refractivity (Wildman–Crippen MR) is 51.5 cm³/mol. The first-order valence-electron chi connectivity index (χ1n) is 4.71. The summed E-state index contributed by atoms with van der Waals surface area (Å²) < 4.78 is 31.4. The van der Waals surface area contributed by atoms with E-state index in [1.54, 1.807) is 6.07 Å². The molecular weight excluding hydrogens is 200 g/mol. The normalized spacial score (nSPS) is 9.73. The number of hydrogen-bond donors (Lipinski definition) is 0. The van der Waals surface area contributed by atoms with E-state index in [-0.39, 0.29) is 11.3 Å². The van der Waals surface area contributed by atoms with Crippen LogP contribution in [0, 0.1) is 23.0 Å². The van der Waals surface area contributed by atoms with E-state index in [9.17, 15) is 8.78 Å². The van der Waals surface area contributed by atoms with E-state index in [0.29, 0.717) is 6.61 Å². The van der Waals surface area contributed by atoms with Crippen LogP contribution in [0.5, 0.6) is 5.75 Å².